The van der Waals surface area contributed by atoms with Crippen LogP contribution in [0.3, 0.4) is 0 Å². The summed E-state index contributed by atoms with van der Waals surface area (Å²) in [5.74, 6) is 0. The van der Waals surface area contributed by atoms with Crippen molar-refractivity contribution in [1.82, 2.24) is 24.5 Å². The number of aryl methyl sites for hydroxylation is 2. The molecule has 0 saturated heterocycles. The number of nitrogens with zero attached hydrogens (tertiary/aromatic N) is 5. The van der Waals surface area contributed by atoms with Gasteiger partial charge in [-0.15, -0.1) is 0 Å². The molecule has 0 unspecified atom stereocenters. The number of rotatable bonds is 5. The summed E-state index contributed by atoms with van der Waals surface area (Å²) in [6.07, 6.45) is 1.75. The molecule has 0 aliphatic carbocycles. The standard InChI is InChI=1S/C23H25N5O/c1-16-9-5-8-12-22(16)28-18(3)21(17(2)25-28)14-26(4)15-27-23(29)20-11-7-6-10-19(20)13-24-27/h5-13H,14-15H2,1-4H3. The summed E-state index contributed by atoms with van der Waals surface area (Å²) in [6.45, 7) is 7.32. The maximum atomic E-state index is 12.7. The Bertz CT molecular complexity index is 1240. The van der Waals surface area contributed by atoms with E-state index >= 15 is 0 Å². The molecule has 0 saturated carbocycles. The third-order valence-corrected chi connectivity index (χ3v) is 5.35. The Labute approximate surface area is 170 Å². The van der Waals surface area contributed by atoms with Gasteiger partial charge in [0.25, 0.3) is 5.56 Å². The van der Waals surface area contributed by atoms with E-state index in [4.69, 9.17) is 5.10 Å². The molecule has 148 valence electrons. The maximum absolute atomic E-state index is 12.7. The lowest BCUT2D eigenvalue weighted by Crippen LogP contribution is -2.31. The van der Waals surface area contributed by atoms with Gasteiger partial charge in [-0.25, -0.2) is 9.36 Å². The van der Waals surface area contributed by atoms with Crippen molar-refractivity contribution in [1.29, 1.82) is 0 Å². The molecule has 0 fully saturated rings. The van der Waals surface area contributed by atoms with E-state index in [1.54, 1.807) is 6.20 Å². The normalized spacial score (nSPS) is 11.5. The fourth-order valence-corrected chi connectivity index (χ4v) is 3.72. The van der Waals surface area contributed by atoms with Gasteiger partial charge in [0.2, 0.25) is 0 Å². The average molecular weight is 387 g/mol. The molecule has 29 heavy (non-hydrogen) atoms. The molecular weight excluding hydrogens is 362 g/mol. The van der Waals surface area contributed by atoms with Gasteiger partial charge in [0.05, 0.1) is 29.6 Å². The summed E-state index contributed by atoms with van der Waals surface area (Å²) in [7, 11) is 1.99. The van der Waals surface area contributed by atoms with Crippen LogP contribution in [0.5, 0.6) is 0 Å². The Morgan fingerprint density at radius 1 is 1.00 bits per heavy atom. The van der Waals surface area contributed by atoms with Gasteiger partial charge in [-0.2, -0.15) is 10.2 Å². The van der Waals surface area contributed by atoms with Gasteiger partial charge in [-0.1, -0.05) is 36.4 Å². The van der Waals surface area contributed by atoms with Crippen LogP contribution in [0.25, 0.3) is 16.5 Å². The van der Waals surface area contributed by atoms with E-state index < -0.39 is 0 Å². The van der Waals surface area contributed by atoms with Gasteiger partial charge in [-0.05, 0) is 45.5 Å². The van der Waals surface area contributed by atoms with E-state index in [1.165, 1.54) is 15.8 Å². The molecule has 2 aromatic carbocycles. The average Bonchev–Trinajstić information content (AvgIpc) is 2.99. The molecule has 0 radical (unpaired) electrons. The highest BCUT2D eigenvalue weighted by molar-refractivity contribution is 5.80. The minimum atomic E-state index is -0.0704. The van der Waals surface area contributed by atoms with Crippen LogP contribution in [0.1, 0.15) is 22.5 Å². The zero-order chi connectivity index (χ0) is 20.5. The fourth-order valence-electron chi connectivity index (χ4n) is 3.72. The second-order valence-electron chi connectivity index (χ2n) is 7.54. The summed E-state index contributed by atoms with van der Waals surface area (Å²) in [5.41, 5.74) is 5.49. The first kappa shape index (κ1) is 19.1. The largest absolute Gasteiger partial charge is 0.283 e. The lowest BCUT2D eigenvalue weighted by atomic mass is 10.1. The number of aromatic nitrogens is 4. The van der Waals surface area contributed by atoms with Crippen LogP contribution in [0.2, 0.25) is 0 Å². The van der Waals surface area contributed by atoms with Gasteiger partial charge in [0, 0.05) is 23.2 Å². The molecule has 0 N–H and O–H groups in total. The molecule has 2 heterocycles. The van der Waals surface area contributed by atoms with Crippen LogP contribution >= 0.6 is 0 Å². The molecule has 0 aliphatic heterocycles. The van der Waals surface area contributed by atoms with Crippen molar-refractivity contribution >= 4 is 10.8 Å². The second-order valence-corrected chi connectivity index (χ2v) is 7.54. The maximum Gasteiger partial charge on any atom is 0.275 e. The minimum Gasteiger partial charge on any atom is -0.283 e. The Morgan fingerprint density at radius 2 is 1.72 bits per heavy atom. The van der Waals surface area contributed by atoms with E-state index in [0.717, 1.165) is 22.5 Å². The molecule has 0 bridgehead atoms. The van der Waals surface area contributed by atoms with Crippen molar-refractivity contribution in [3.8, 4) is 5.69 Å². The Balaban J connectivity index is 1.60. The monoisotopic (exact) mass is 387 g/mol. The fraction of sp³-hybridized carbons (Fsp3) is 0.261. The van der Waals surface area contributed by atoms with Crippen LogP contribution in [-0.4, -0.2) is 31.5 Å². The molecule has 6 heteroatoms. The molecule has 0 amide bonds. The van der Waals surface area contributed by atoms with Gasteiger partial charge < -0.3 is 0 Å². The summed E-state index contributed by atoms with van der Waals surface area (Å²) < 4.78 is 3.52. The van der Waals surface area contributed by atoms with Crippen LogP contribution in [-0.2, 0) is 13.2 Å². The minimum absolute atomic E-state index is 0.0704. The lowest BCUT2D eigenvalue weighted by Gasteiger charge is -2.18. The molecule has 0 aliphatic rings. The number of fused-ring (bicyclic) bond motifs is 1. The summed E-state index contributed by atoms with van der Waals surface area (Å²) in [6, 6.07) is 15.8. The molecule has 4 rings (SSSR count). The molecule has 6 nitrogen and oxygen atoms in total. The quantitative estimate of drug-likeness (QED) is 0.525. The topological polar surface area (TPSA) is 56.0 Å². The Hall–Kier alpha value is -3.25. The highest BCUT2D eigenvalue weighted by Crippen LogP contribution is 2.21. The third-order valence-electron chi connectivity index (χ3n) is 5.35. The third kappa shape index (κ3) is 3.59. The van der Waals surface area contributed by atoms with Crippen molar-refractivity contribution in [3.63, 3.8) is 0 Å². The van der Waals surface area contributed by atoms with E-state index in [2.05, 4.69) is 36.0 Å². The van der Waals surface area contributed by atoms with Gasteiger partial charge in [-0.3, -0.25) is 9.69 Å². The van der Waals surface area contributed by atoms with Crippen LogP contribution in [0.4, 0.5) is 0 Å². The highest BCUT2D eigenvalue weighted by Gasteiger charge is 2.16. The molecule has 4 aromatic rings. The van der Waals surface area contributed by atoms with Crippen molar-refractivity contribution in [2.24, 2.45) is 0 Å². The van der Waals surface area contributed by atoms with Crippen LogP contribution in [0.15, 0.2) is 59.5 Å². The summed E-state index contributed by atoms with van der Waals surface area (Å²) in [4.78, 5) is 14.8. The Morgan fingerprint density at radius 3 is 2.52 bits per heavy atom. The highest BCUT2D eigenvalue weighted by atomic mass is 16.1. The van der Waals surface area contributed by atoms with Crippen LogP contribution < -0.4 is 5.56 Å². The predicted octanol–water partition coefficient (Wildman–Crippen LogP) is 3.60. The first-order chi connectivity index (χ1) is 14.0. The molecular formula is C23H25N5O. The number of benzene rings is 2. The predicted molar refractivity (Wildman–Crippen MR) is 115 cm³/mol. The van der Waals surface area contributed by atoms with Crippen LogP contribution in [0, 0.1) is 20.8 Å². The SMILES string of the molecule is Cc1ccccc1-n1nc(C)c(CN(C)Cn2ncc3ccccc3c2=O)c1C. The Kier molecular flexibility index (Phi) is 5.03. The van der Waals surface area contributed by atoms with Gasteiger partial charge >= 0.3 is 0 Å². The molecule has 0 atom stereocenters. The summed E-state index contributed by atoms with van der Waals surface area (Å²) >= 11 is 0. The van der Waals surface area contributed by atoms with Crippen molar-refractivity contribution < 1.29 is 0 Å². The number of hydrogen-bond acceptors (Lipinski definition) is 4. The smallest absolute Gasteiger partial charge is 0.275 e. The lowest BCUT2D eigenvalue weighted by molar-refractivity contribution is 0.240. The number of hydrogen-bond donors (Lipinski definition) is 0. The van der Waals surface area contributed by atoms with Gasteiger partial charge in [0.1, 0.15) is 0 Å². The zero-order valence-electron chi connectivity index (χ0n) is 17.3. The molecule has 0 spiro atoms. The van der Waals surface area contributed by atoms with E-state index in [-0.39, 0.29) is 5.56 Å². The first-order valence-electron chi connectivity index (χ1n) is 9.70. The number of para-hydroxylation sites is 1. The van der Waals surface area contributed by atoms with E-state index in [1.807, 2.05) is 55.1 Å². The molecule has 2 aromatic heterocycles. The van der Waals surface area contributed by atoms with Crippen molar-refractivity contribution in [2.45, 2.75) is 34.0 Å². The second kappa shape index (κ2) is 7.64. The first-order valence-corrected chi connectivity index (χ1v) is 9.70. The zero-order valence-corrected chi connectivity index (χ0v) is 17.3. The van der Waals surface area contributed by atoms with Gasteiger partial charge in [0.15, 0.2) is 0 Å². The van der Waals surface area contributed by atoms with Crippen molar-refractivity contribution in [2.75, 3.05) is 7.05 Å². The van der Waals surface area contributed by atoms with E-state index in [9.17, 15) is 4.79 Å². The summed E-state index contributed by atoms with van der Waals surface area (Å²) in [5, 5.41) is 10.7. The van der Waals surface area contributed by atoms with E-state index in [0.29, 0.717) is 18.6 Å². The van der Waals surface area contributed by atoms with Crippen molar-refractivity contribution in [3.05, 3.63) is 87.6 Å².